The van der Waals surface area contributed by atoms with Crippen molar-refractivity contribution in [3.8, 4) is 11.5 Å². The van der Waals surface area contributed by atoms with Gasteiger partial charge in [-0.05, 0) is 62.6 Å². The first-order valence-electron chi connectivity index (χ1n) is 12.4. The van der Waals surface area contributed by atoms with Crippen LogP contribution in [0.1, 0.15) is 38.5 Å². The van der Waals surface area contributed by atoms with Gasteiger partial charge in [-0.2, -0.15) is 0 Å². The van der Waals surface area contributed by atoms with Crippen molar-refractivity contribution < 1.29 is 18.7 Å². The average Bonchev–Trinajstić information content (AvgIpc) is 2.89. The number of hydrogen-bond donors (Lipinski definition) is 1. The van der Waals surface area contributed by atoms with Crippen molar-refractivity contribution >= 4 is 39.9 Å². The molecule has 0 spiro atoms. The number of nitrogens with zero attached hydrogens (tertiary/aromatic N) is 3. The highest BCUT2D eigenvalue weighted by atomic mass is 35.5. The Hall–Kier alpha value is -3.13. The second kappa shape index (κ2) is 10.5. The minimum atomic E-state index is -0.546. The second-order valence-electron chi connectivity index (χ2n) is 9.63. The third-order valence-electron chi connectivity index (χ3n) is 7.41. The lowest BCUT2D eigenvalue weighted by Gasteiger charge is -2.37. The molecule has 190 valence electrons. The third-order valence-corrected chi connectivity index (χ3v) is 7.70. The van der Waals surface area contributed by atoms with Crippen molar-refractivity contribution in [2.45, 2.75) is 44.6 Å². The van der Waals surface area contributed by atoms with E-state index in [9.17, 15) is 9.18 Å². The minimum absolute atomic E-state index is 0.0236. The molecule has 1 N–H and O–H groups in total. The van der Waals surface area contributed by atoms with Gasteiger partial charge in [0.05, 0.1) is 29.4 Å². The highest BCUT2D eigenvalue weighted by Gasteiger charge is 2.36. The topological polar surface area (TPSA) is 76.6 Å². The number of carbonyl (C=O) groups excluding carboxylic acids is 1. The molecule has 1 amide bonds. The molecule has 0 unspecified atom stereocenters. The maximum Gasteiger partial charge on any atom is 0.225 e. The maximum absolute atomic E-state index is 14.5. The Morgan fingerprint density at radius 3 is 2.69 bits per heavy atom. The molecule has 2 fully saturated rings. The monoisotopic (exact) mass is 512 g/mol. The predicted molar refractivity (Wildman–Crippen MR) is 138 cm³/mol. The van der Waals surface area contributed by atoms with E-state index < -0.39 is 5.82 Å². The van der Waals surface area contributed by atoms with Gasteiger partial charge in [0.1, 0.15) is 12.1 Å². The number of piperidine rings is 1. The molecule has 0 bridgehead atoms. The lowest BCUT2D eigenvalue weighted by atomic mass is 9.75. The number of anilines is 2. The summed E-state index contributed by atoms with van der Waals surface area (Å²) < 4.78 is 26.5. The zero-order chi connectivity index (χ0) is 25.2. The lowest BCUT2D eigenvalue weighted by Crippen LogP contribution is -2.42. The number of halogens is 2. The minimum Gasteiger partial charge on any atom is -0.493 e. The molecular formula is C27H30ClFN4O3. The largest absolute Gasteiger partial charge is 0.493 e. The van der Waals surface area contributed by atoms with E-state index >= 15 is 0 Å². The predicted octanol–water partition coefficient (Wildman–Crippen LogP) is 5.98. The Labute approximate surface area is 215 Å². The van der Waals surface area contributed by atoms with Crippen molar-refractivity contribution in [1.29, 1.82) is 0 Å². The Balaban J connectivity index is 1.34. The smallest absolute Gasteiger partial charge is 0.225 e. The van der Waals surface area contributed by atoms with Crippen LogP contribution in [0.3, 0.4) is 0 Å². The number of aromatic nitrogens is 2. The molecule has 1 aromatic heterocycles. The van der Waals surface area contributed by atoms with Gasteiger partial charge in [-0.25, -0.2) is 14.4 Å². The van der Waals surface area contributed by atoms with E-state index in [4.69, 9.17) is 21.1 Å². The van der Waals surface area contributed by atoms with Gasteiger partial charge in [0, 0.05) is 31.0 Å². The summed E-state index contributed by atoms with van der Waals surface area (Å²) in [7, 11) is 3.50. The molecule has 1 saturated heterocycles. The summed E-state index contributed by atoms with van der Waals surface area (Å²) in [4.78, 5) is 23.2. The lowest BCUT2D eigenvalue weighted by molar-refractivity contribution is -0.139. The van der Waals surface area contributed by atoms with Crippen LogP contribution in [0.4, 0.5) is 15.9 Å². The highest BCUT2D eigenvalue weighted by molar-refractivity contribution is 6.31. The van der Waals surface area contributed by atoms with Crippen LogP contribution < -0.4 is 14.8 Å². The van der Waals surface area contributed by atoms with Crippen LogP contribution in [-0.4, -0.2) is 47.6 Å². The Morgan fingerprint density at radius 1 is 1.11 bits per heavy atom. The molecule has 2 heterocycles. The van der Waals surface area contributed by atoms with Gasteiger partial charge in [0.25, 0.3) is 0 Å². The van der Waals surface area contributed by atoms with E-state index in [-0.39, 0.29) is 28.6 Å². The van der Waals surface area contributed by atoms with Gasteiger partial charge < -0.3 is 19.7 Å². The molecule has 2 aromatic carbocycles. The standard InChI is InChI=1S/C27H30ClFN4O3/c1-33-12-4-5-18(27(33)34)16-8-10-17(11-9-16)36-24-13-19-22(14-23(24)35-2)30-15-31-26(19)32-21-7-3-6-20(28)25(21)29/h3,6-7,13-18H,4-5,8-12H2,1-2H3,(H,30,31,32)/t16?,17?,18-/m0/s1. The number of amides is 1. The van der Waals surface area contributed by atoms with Crippen molar-refractivity contribution in [1.82, 2.24) is 14.9 Å². The number of nitrogens with one attached hydrogen (secondary N) is 1. The van der Waals surface area contributed by atoms with Gasteiger partial charge in [-0.1, -0.05) is 17.7 Å². The summed E-state index contributed by atoms with van der Waals surface area (Å²) in [5, 5.41) is 3.74. The molecule has 2 aliphatic rings. The number of rotatable bonds is 6. The van der Waals surface area contributed by atoms with Crippen molar-refractivity contribution in [2.75, 3.05) is 26.0 Å². The number of hydrogen-bond acceptors (Lipinski definition) is 6. The van der Waals surface area contributed by atoms with Crippen LogP contribution >= 0.6 is 11.6 Å². The van der Waals surface area contributed by atoms with Crippen molar-refractivity contribution in [2.24, 2.45) is 11.8 Å². The molecule has 0 radical (unpaired) electrons. The first-order valence-corrected chi connectivity index (χ1v) is 12.8. The molecule has 9 heteroatoms. The number of likely N-dealkylation sites (tertiary alicyclic amines) is 1. The van der Waals surface area contributed by atoms with Crippen LogP contribution in [0.5, 0.6) is 11.5 Å². The van der Waals surface area contributed by atoms with E-state index in [0.717, 1.165) is 45.1 Å². The maximum atomic E-state index is 14.5. The first kappa shape index (κ1) is 24.6. The summed E-state index contributed by atoms with van der Waals surface area (Å²) in [5.74, 6) is 1.90. The quantitative estimate of drug-likeness (QED) is 0.438. The molecule has 3 aromatic rings. The average molecular weight is 513 g/mol. The number of carbonyl (C=O) groups is 1. The number of ether oxygens (including phenoxy) is 2. The van der Waals surface area contributed by atoms with Crippen LogP contribution in [0.15, 0.2) is 36.7 Å². The third kappa shape index (κ3) is 4.91. The molecular weight excluding hydrogens is 483 g/mol. The van der Waals surface area contributed by atoms with E-state index in [1.54, 1.807) is 25.3 Å². The SMILES string of the molecule is COc1cc2ncnc(Nc3cccc(Cl)c3F)c2cc1OC1CCC([C@@H]2CCCN(C)C2=O)CC1. The number of fused-ring (bicyclic) bond motifs is 1. The van der Waals surface area contributed by atoms with E-state index in [1.807, 2.05) is 18.0 Å². The molecule has 36 heavy (non-hydrogen) atoms. The summed E-state index contributed by atoms with van der Waals surface area (Å²) in [6, 6.07) is 8.40. The second-order valence-corrected chi connectivity index (χ2v) is 10.0. The molecule has 7 nitrogen and oxygen atoms in total. The Bertz CT molecular complexity index is 1270. The summed E-state index contributed by atoms with van der Waals surface area (Å²) in [6.07, 6.45) is 7.20. The van der Waals surface area contributed by atoms with Gasteiger partial charge in [-0.3, -0.25) is 4.79 Å². The first-order chi connectivity index (χ1) is 17.4. The summed E-state index contributed by atoms with van der Waals surface area (Å²) >= 11 is 5.94. The molecule has 1 atom stereocenters. The Morgan fingerprint density at radius 2 is 1.92 bits per heavy atom. The van der Waals surface area contributed by atoms with Crippen LogP contribution in [0.25, 0.3) is 10.9 Å². The van der Waals surface area contributed by atoms with Crippen LogP contribution in [0, 0.1) is 17.7 Å². The fourth-order valence-corrected chi connectivity index (χ4v) is 5.61. The number of methoxy groups -OCH3 is 1. The zero-order valence-electron chi connectivity index (χ0n) is 20.5. The van der Waals surface area contributed by atoms with E-state index in [2.05, 4.69) is 15.3 Å². The molecule has 1 aliphatic heterocycles. The molecule has 5 rings (SSSR count). The van der Waals surface area contributed by atoms with Crippen molar-refractivity contribution in [3.63, 3.8) is 0 Å². The van der Waals surface area contributed by atoms with Gasteiger partial charge >= 0.3 is 0 Å². The summed E-state index contributed by atoms with van der Waals surface area (Å²) in [5.41, 5.74) is 0.866. The highest BCUT2D eigenvalue weighted by Crippen LogP contribution is 2.40. The van der Waals surface area contributed by atoms with Crippen molar-refractivity contribution in [3.05, 3.63) is 47.5 Å². The van der Waals surface area contributed by atoms with E-state index in [0.29, 0.717) is 34.1 Å². The van der Waals surface area contributed by atoms with Gasteiger partial charge in [0.15, 0.2) is 17.3 Å². The Kier molecular flexibility index (Phi) is 7.14. The van der Waals surface area contributed by atoms with Gasteiger partial charge in [-0.15, -0.1) is 0 Å². The van der Waals surface area contributed by atoms with Crippen LogP contribution in [-0.2, 0) is 4.79 Å². The molecule has 1 saturated carbocycles. The number of benzene rings is 2. The normalized spacial score (nSPS) is 22.5. The molecule has 1 aliphatic carbocycles. The van der Waals surface area contributed by atoms with Crippen LogP contribution in [0.2, 0.25) is 5.02 Å². The van der Waals surface area contributed by atoms with E-state index in [1.165, 1.54) is 12.4 Å². The zero-order valence-corrected chi connectivity index (χ0v) is 21.2. The summed E-state index contributed by atoms with van der Waals surface area (Å²) in [6.45, 7) is 0.861. The van der Waals surface area contributed by atoms with Gasteiger partial charge in [0.2, 0.25) is 5.91 Å². The fourth-order valence-electron chi connectivity index (χ4n) is 5.43. The fraction of sp³-hybridized carbons (Fsp3) is 0.444.